The average Bonchev–Trinajstić information content (AvgIpc) is 2.87. The molecule has 1 aromatic heterocycles. The predicted molar refractivity (Wildman–Crippen MR) is 73.8 cm³/mol. The summed E-state index contributed by atoms with van der Waals surface area (Å²) < 4.78 is 0. The number of nitrogens with zero attached hydrogens (tertiary/aromatic N) is 3. The van der Waals surface area contributed by atoms with Gasteiger partial charge >= 0.3 is 0 Å². The highest BCUT2D eigenvalue weighted by molar-refractivity contribution is 5.75. The van der Waals surface area contributed by atoms with E-state index in [1.54, 1.807) is 0 Å². The number of amides is 1. The number of rotatable bonds is 4. The summed E-state index contributed by atoms with van der Waals surface area (Å²) in [5.41, 5.74) is 0. The Morgan fingerprint density at radius 2 is 2.11 bits per heavy atom. The van der Waals surface area contributed by atoms with Gasteiger partial charge in [0.25, 0.3) is 0 Å². The highest BCUT2D eigenvalue weighted by Gasteiger charge is 2.23. The van der Waals surface area contributed by atoms with Crippen LogP contribution in [0.25, 0.3) is 0 Å². The van der Waals surface area contributed by atoms with Crippen molar-refractivity contribution in [3.63, 3.8) is 0 Å². The smallest absolute Gasteiger partial charge is 0.222 e. The van der Waals surface area contributed by atoms with Gasteiger partial charge in [-0.1, -0.05) is 20.8 Å². The molecule has 1 aliphatic heterocycles. The zero-order valence-electron chi connectivity index (χ0n) is 12.1. The maximum atomic E-state index is 11.6. The third-order valence-electron chi connectivity index (χ3n) is 3.82. The van der Waals surface area contributed by atoms with Crippen molar-refractivity contribution in [1.29, 1.82) is 0 Å². The summed E-state index contributed by atoms with van der Waals surface area (Å²) in [6.07, 6.45) is 3.71. The molecule has 0 spiro atoms. The van der Waals surface area contributed by atoms with Crippen LogP contribution in [0.2, 0.25) is 0 Å². The van der Waals surface area contributed by atoms with Crippen molar-refractivity contribution in [2.75, 3.05) is 13.1 Å². The van der Waals surface area contributed by atoms with Crippen LogP contribution in [0.4, 0.5) is 0 Å². The Kier molecular flexibility index (Phi) is 4.56. The zero-order chi connectivity index (χ0) is 13.8. The lowest BCUT2D eigenvalue weighted by Gasteiger charge is -2.31. The quantitative estimate of drug-likeness (QED) is 0.906. The largest absolute Gasteiger partial charge is 0.343 e. The molecule has 1 fully saturated rings. The Morgan fingerprint density at radius 1 is 1.42 bits per heavy atom. The Bertz CT molecular complexity index is 419. The van der Waals surface area contributed by atoms with E-state index in [0.29, 0.717) is 18.3 Å². The summed E-state index contributed by atoms with van der Waals surface area (Å²) in [6, 6.07) is 0. The molecule has 1 saturated heterocycles. The molecule has 0 atom stereocenters. The van der Waals surface area contributed by atoms with Gasteiger partial charge in [0.15, 0.2) is 5.82 Å². The molecule has 0 unspecified atom stereocenters. The van der Waals surface area contributed by atoms with Crippen molar-refractivity contribution in [3.05, 3.63) is 11.6 Å². The molecular weight excluding hydrogens is 240 g/mol. The van der Waals surface area contributed by atoms with Gasteiger partial charge in [-0.15, -0.1) is 0 Å². The van der Waals surface area contributed by atoms with Crippen LogP contribution in [-0.2, 0) is 11.2 Å². The minimum absolute atomic E-state index is 0.278. The maximum Gasteiger partial charge on any atom is 0.222 e. The lowest BCUT2D eigenvalue weighted by Crippen LogP contribution is -2.38. The Morgan fingerprint density at radius 3 is 2.63 bits per heavy atom. The van der Waals surface area contributed by atoms with E-state index in [1.165, 1.54) is 0 Å². The minimum Gasteiger partial charge on any atom is -0.343 e. The first-order valence-corrected chi connectivity index (χ1v) is 7.29. The number of H-pyrrole nitrogens is 1. The second-order valence-electron chi connectivity index (χ2n) is 5.68. The number of carbonyl (C=O) groups excluding carboxylic acids is 1. The zero-order valence-corrected chi connectivity index (χ0v) is 12.1. The molecule has 5 heteroatoms. The Hall–Kier alpha value is -1.39. The van der Waals surface area contributed by atoms with Gasteiger partial charge in [0.05, 0.1) is 0 Å². The molecule has 0 aromatic carbocycles. The third kappa shape index (κ3) is 3.55. The van der Waals surface area contributed by atoms with E-state index >= 15 is 0 Å². The van der Waals surface area contributed by atoms with E-state index in [-0.39, 0.29) is 5.91 Å². The number of hydrogen-bond acceptors (Lipinski definition) is 3. The maximum absolute atomic E-state index is 11.6. The summed E-state index contributed by atoms with van der Waals surface area (Å²) >= 11 is 0. The molecule has 1 amide bonds. The molecule has 1 aliphatic rings. The Labute approximate surface area is 114 Å². The van der Waals surface area contributed by atoms with Gasteiger partial charge in [0.1, 0.15) is 5.82 Å². The highest BCUT2D eigenvalue weighted by atomic mass is 16.2. The molecule has 1 N–H and O–H groups in total. The van der Waals surface area contributed by atoms with Crippen molar-refractivity contribution in [2.45, 2.75) is 52.4 Å². The van der Waals surface area contributed by atoms with Crippen LogP contribution < -0.4 is 0 Å². The molecule has 0 radical (unpaired) electrons. The fraction of sp³-hybridized carbons (Fsp3) is 0.786. The summed E-state index contributed by atoms with van der Waals surface area (Å²) in [7, 11) is 0. The second-order valence-corrected chi connectivity index (χ2v) is 5.68. The molecule has 106 valence electrons. The average molecular weight is 264 g/mol. The van der Waals surface area contributed by atoms with Crippen LogP contribution in [0, 0.1) is 5.92 Å². The molecule has 2 rings (SSSR count). The first kappa shape index (κ1) is 14.0. The number of nitrogens with one attached hydrogen (secondary N) is 1. The lowest BCUT2D eigenvalue weighted by molar-refractivity contribution is -0.132. The molecule has 0 bridgehead atoms. The van der Waals surface area contributed by atoms with Crippen molar-refractivity contribution in [1.82, 2.24) is 20.1 Å². The molecular formula is C14H24N4O. The van der Waals surface area contributed by atoms with E-state index in [0.717, 1.165) is 44.0 Å². The van der Waals surface area contributed by atoms with Gasteiger partial charge in [-0.05, 0) is 18.8 Å². The summed E-state index contributed by atoms with van der Waals surface area (Å²) in [5, 5.41) is 7.27. The summed E-state index contributed by atoms with van der Waals surface area (Å²) in [4.78, 5) is 18.1. The minimum atomic E-state index is 0.278. The number of likely N-dealkylation sites (tertiary alicyclic amines) is 1. The summed E-state index contributed by atoms with van der Waals surface area (Å²) in [6.45, 7) is 7.91. The lowest BCUT2D eigenvalue weighted by atomic mass is 9.93. The van der Waals surface area contributed by atoms with Crippen LogP contribution in [0.5, 0.6) is 0 Å². The SMILES string of the molecule is CCC(=O)N1CCC(Cc2nc(C(C)C)n[nH]2)CC1. The van der Waals surface area contributed by atoms with Gasteiger partial charge in [-0.25, -0.2) is 4.98 Å². The molecule has 5 nitrogen and oxygen atoms in total. The normalized spacial score (nSPS) is 17.2. The van der Waals surface area contributed by atoms with E-state index in [4.69, 9.17) is 0 Å². The molecule has 1 aromatic rings. The van der Waals surface area contributed by atoms with Crippen LogP contribution >= 0.6 is 0 Å². The van der Waals surface area contributed by atoms with Crippen molar-refractivity contribution in [2.24, 2.45) is 5.92 Å². The van der Waals surface area contributed by atoms with Gasteiger partial charge in [-0.3, -0.25) is 9.89 Å². The van der Waals surface area contributed by atoms with Gasteiger partial charge < -0.3 is 4.90 Å². The number of piperidine rings is 1. The molecule has 0 aliphatic carbocycles. The monoisotopic (exact) mass is 264 g/mol. The van der Waals surface area contributed by atoms with Crippen molar-refractivity contribution in [3.8, 4) is 0 Å². The summed E-state index contributed by atoms with van der Waals surface area (Å²) in [5.74, 6) is 3.15. The van der Waals surface area contributed by atoms with Gasteiger partial charge in [-0.2, -0.15) is 5.10 Å². The van der Waals surface area contributed by atoms with E-state index < -0.39 is 0 Å². The number of hydrogen-bond donors (Lipinski definition) is 1. The van der Waals surface area contributed by atoms with Crippen LogP contribution in [-0.4, -0.2) is 39.1 Å². The van der Waals surface area contributed by atoms with Crippen molar-refractivity contribution < 1.29 is 4.79 Å². The van der Waals surface area contributed by atoms with Crippen LogP contribution in [0.15, 0.2) is 0 Å². The molecule has 2 heterocycles. The number of aromatic amines is 1. The van der Waals surface area contributed by atoms with E-state index in [9.17, 15) is 4.79 Å². The molecule has 19 heavy (non-hydrogen) atoms. The third-order valence-corrected chi connectivity index (χ3v) is 3.82. The highest BCUT2D eigenvalue weighted by Crippen LogP contribution is 2.21. The standard InChI is InChI=1S/C14H24N4O/c1-4-13(19)18-7-5-11(6-8-18)9-12-15-14(10(2)3)17-16-12/h10-11H,4-9H2,1-3H3,(H,15,16,17). The predicted octanol–water partition coefficient (Wildman–Crippen LogP) is 2.12. The van der Waals surface area contributed by atoms with E-state index in [1.807, 2.05) is 11.8 Å². The van der Waals surface area contributed by atoms with E-state index in [2.05, 4.69) is 29.0 Å². The van der Waals surface area contributed by atoms with Crippen LogP contribution in [0.1, 0.15) is 57.6 Å². The fourth-order valence-electron chi connectivity index (χ4n) is 2.54. The molecule has 0 saturated carbocycles. The first-order valence-electron chi connectivity index (χ1n) is 7.29. The Balaban J connectivity index is 1.83. The van der Waals surface area contributed by atoms with Gasteiger partial charge in [0.2, 0.25) is 5.91 Å². The number of carbonyl (C=O) groups is 1. The van der Waals surface area contributed by atoms with Crippen molar-refractivity contribution >= 4 is 5.91 Å². The van der Waals surface area contributed by atoms with Gasteiger partial charge in [0, 0.05) is 31.8 Å². The fourth-order valence-corrected chi connectivity index (χ4v) is 2.54. The first-order chi connectivity index (χ1) is 9.10. The second kappa shape index (κ2) is 6.17. The number of aromatic nitrogens is 3. The topological polar surface area (TPSA) is 61.9 Å². The van der Waals surface area contributed by atoms with Crippen LogP contribution in [0.3, 0.4) is 0 Å².